The topological polar surface area (TPSA) is 67.6 Å². The van der Waals surface area contributed by atoms with Crippen LogP contribution < -0.4 is 11.1 Å². The van der Waals surface area contributed by atoms with E-state index in [-0.39, 0.29) is 5.91 Å². The minimum absolute atomic E-state index is 0.271. The molecule has 1 saturated heterocycles. The van der Waals surface area contributed by atoms with Crippen molar-refractivity contribution < 1.29 is 9.53 Å². The van der Waals surface area contributed by atoms with Gasteiger partial charge in [0.2, 0.25) is 5.91 Å². The van der Waals surface area contributed by atoms with Crippen LogP contribution in [0.5, 0.6) is 0 Å². The maximum atomic E-state index is 11.6. The Hall–Kier alpha value is -0.650. The number of carbonyl (C=O) groups is 1. The third kappa shape index (κ3) is 4.23. The first kappa shape index (κ1) is 15.4. The van der Waals surface area contributed by atoms with Gasteiger partial charge < -0.3 is 20.7 Å². The fraction of sp³-hybridized carbons (Fsp3) is 0.923. The minimum atomic E-state index is -0.607. The van der Waals surface area contributed by atoms with Crippen LogP contribution in [0.25, 0.3) is 0 Å². The number of amides is 1. The number of hydrogen-bond acceptors (Lipinski definition) is 4. The number of ether oxygens (including phenoxy) is 1. The molecule has 2 atom stereocenters. The number of nitrogens with two attached hydrogens (primary N) is 1. The molecule has 1 aliphatic rings. The van der Waals surface area contributed by atoms with E-state index < -0.39 is 5.54 Å². The summed E-state index contributed by atoms with van der Waals surface area (Å²) in [6, 6.07) is 0.480. The highest BCUT2D eigenvalue weighted by Gasteiger charge is 2.31. The molecule has 0 radical (unpaired) electrons. The van der Waals surface area contributed by atoms with Crippen LogP contribution in [0.3, 0.4) is 0 Å². The van der Waals surface area contributed by atoms with Crippen molar-refractivity contribution >= 4 is 5.91 Å². The molecular formula is C13H27N3O2. The van der Waals surface area contributed by atoms with Gasteiger partial charge in [0.05, 0.1) is 12.1 Å². The highest BCUT2D eigenvalue weighted by molar-refractivity contribution is 5.84. The summed E-state index contributed by atoms with van der Waals surface area (Å²) in [5.41, 5.74) is 4.90. The van der Waals surface area contributed by atoms with Crippen LogP contribution >= 0.6 is 0 Å². The van der Waals surface area contributed by atoms with Crippen molar-refractivity contribution in [1.82, 2.24) is 10.2 Å². The second-order valence-electron chi connectivity index (χ2n) is 5.37. The van der Waals surface area contributed by atoms with Gasteiger partial charge in [0.15, 0.2) is 0 Å². The molecule has 0 aromatic carbocycles. The molecule has 1 fully saturated rings. The standard InChI is InChI=1S/C13H27N3O2/c1-4-7-15-13(2,12(14)17)6-8-16(3)11-5-9-18-10-11/h11,15H,4-10H2,1-3H3,(H2,14,17). The van der Waals surface area contributed by atoms with Crippen molar-refractivity contribution in [3.8, 4) is 0 Å². The molecule has 0 aliphatic carbocycles. The second-order valence-corrected chi connectivity index (χ2v) is 5.37. The van der Waals surface area contributed by atoms with E-state index >= 15 is 0 Å². The summed E-state index contributed by atoms with van der Waals surface area (Å²) in [6.45, 7) is 7.28. The molecule has 2 unspecified atom stereocenters. The molecule has 1 heterocycles. The van der Waals surface area contributed by atoms with E-state index in [0.717, 1.165) is 45.6 Å². The molecule has 0 aromatic rings. The number of nitrogens with zero attached hydrogens (tertiary/aromatic N) is 1. The van der Waals surface area contributed by atoms with Crippen LogP contribution in [0.2, 0.25) is 0 Å². The lowest BCUT2D eigenvalue weighted by molar-refractivity contribution is -0.124. The molecule has 1 rings (SSSR count). The summed E-state index contributed by atoms with van der Waals surface area (Å²) in [5, 5.41) is 3.26. The number of rotatable bonds is 8. The molecule has 0 saturated carbocycles. The molecule has 0 aromatic heterocycles. The molecule has 1 amide bonds. The molecule has 1 aliphatic heterocycles. The van der Waals surface area contributed by atoms with E-state index in [2.05, 4.69) is 24.2 Å². The van der Waals surface area contributed by atoms with Gasteiger partial charge in [0.25, 0.3) is 0 Å². The first-order valence-electron chi connectivity index (χ1n) is 6.82. The second kappa shape index (κ2) is 7.07. The zero-order valence-corrected chi connectivity index (χ0v) is 11.9. The van der Waals surface area contributed by atoms with Gasteiger partial charge >= 0.3 is 0 Å². The van der Waals surface area contributed by atoms with E-state index in [1.54, 1.807) is 0 Å². The van der Waals surface area contributed by atoms with Crippen molar-refractivity contribution in [3.05, 3.63) is 0 Å². The van der Waals surface area contributed by atoms with Crippen LogP contribution in [0.15, 0.2) is 0 Å². The Labute approximate surface area is 110 Å². The smallest absolute Gasteiger partial charge is 0.237 e. The number of nitrogens with one attached hydrogen (secondary N) is 1. The zero-order valence-electron chi connectivity index (χ0n) is 11.9. The van der Waals surface area contributed by atoms with Crippen molar-refractivity contribution in [1.29, 1.82) is 0 Å². The number of carbonyl (C=O) groups excluding carboxylic acids is 1. The third-order valence-electron chi connectivity index (χ3n) is 3.80. The van der Waals surface area contributed by atoms with Crippen molar-refractivity contribution in [2.45, 2.75) is 44.7 Å². The fourth-order valence-electron chi connectivity index (χ4n) is 2.15. The van der Waals surface area contributed by atoms with Crippen LogP contribution in [0.4, 0.5) is 0 Å². The molecular weight excluding hydrogens is 230 g/mol. The van der Waals surface area contributed by atoms with Gasteiger partial charge in [-0.3, -0.25) is 4.79 Å². The van der Waals surface area contributed by atoms with Gasteiger partial charge in [0.1, 0.15) is 0 Å². The highest BCUT2D eigenvalue weighted by atomic mass is 16.5. The molecule has 0 bridgehead atoms. The normalized spacial score (nSPS) is 23.2. The maximum absolute atomic E-state index is 11.6. The van der Waals surface area contributed by atoms with Gasteiger partial charge in [-0.05, 0) is 39.8 Å². The van der Waals surface area contributed by atoms with Crippen molar-refractivity contribution in [3.63, 3.8) is 0 Å². The Bertz CT molecular complexity index is 267. The highest BCUT2D eigenvalue weighted by Crippen LogP contribution is 2.15. The molecule has 0 spiro atoms. The number of hydrogen-bond donors (Lipinski definition) is 2. The van der Waals surface area contributed by atoms with E-state index in [9.17, 15) is 4.79 Å². The van der Waals surface area contributed by atoms with Crippen molar-refractivity contribution in [2.24, 2.45) is 5.73 Å². The molecule has 5 heteroatoms. The fourth-order valence-corrected chi connectivity index (χ4v) is 2.15. The predicted octanol–water partition coefficient (Wildman–Crippen LogP) is 0.341. The Kier molecular flexibility index (Phi) is 6.05. The average molecular weight is 257 g/mol. The van der Waals surface area contributed by atoms with E-state index in [1.165, 1.54) is 0 Å². The number of likely N-dealkylation sites (N-methyl/N-ethyl adjacent to an activating group) is 1. The summed E-state index contributed by atoms with van der Waals surface area (Å²) >= 11 is 0. The summed E-state index contributed by atoms with van der Waals surface area (Å²) in [6.07, 6.45) is 2.80. The van der Waals surface area contributed by atoms with E-state index in [1.807, 2.05) is 6.92 Å². The van der Waals surface area contributed by atoms with Crippen LogP contribution in [-0.4, -0.2) is 55.7 Å². The molecule has 106 valence electrons. The Morgan fingerprint density at radius 2 is 2.33 bits per heavy atom. The average Bonchev–Trinajstić information content (AvgIpc) is 2.87. The van der Waals surface area contributed by atoms with Gasteiger partial charge in [-0.15, -0.1) is 0 Å². The maximum Gasteiger partial charge on any atom is 0.237 e. The Morgan fingerprint density at radius 3 is 2.83 bits per heavy atom. The first-order chi connectivity index (χ1) is 8.49. The summed E-state index contributed by atoms with van der Waals surface area (Å²) in [7, 11) is 2.08. The lowest BCUT2D eigenvalue weighted by Gasteiger charge is -2.31. The van der Waals surface area contributed by atoms with Gasteiger partial charge in [-0.1, -0.05) is 6.92 Å². The van der Waals surface area contributed by atoms with Gasteiger partial charge in [-0.2, -0.15) is 0 Å². The Balaban J connectivity index is 2.43. The van der Waals surface area contributed by atoms with Crippen molar-refractivity contribution in [2.75, 3.05) is 33.4 Å². The SMILES string of the molecule is CCCNC(C)(CCN(C)C1CCOC1)C(N)=O. The quantitative estimate of drug-likeness (QED) is 0.658. The van der Waals surface area contributed by atoms with Crippen LogP contribution in [-0.2, 0) is 9.53 Å². The number of primary amides is 1. The third-order valence-corrected chi connectivity index (χ3v) is 3.80. The monoisotopic (exact) mass is 257 g/mol. The van der Waals surface area contributed by atoms with E-state index in [4.69, 9.17) is 10.5 Å². The summed E-state index contributed by atoms with van der Waals surface area (Å²) in [5.74, 6) is -0.271. The van der Waals surface area contributed by atoms with Crippen LogP contribution in [0, 0.1) is 0 Å². The lowest BCUT2D eigenvalue weighted by Crippen LogP contribution is -2.55. The Morgan fingerprint density at radius 1 is 1.61 bits per heavy atom. The van der Waals surface area contributed by atoms with Gasteiger partial charge in [0, 0.05) is 19.2 Å². The predicted molar refractivity (Wildman–Crippen MR) is 72.4 cm³/mol. The van der Waals surface area contributed by atoms with E-state index in [0.29, 0.717) is 6.04 Å². The molecule has 3 N–H and O–H groups in total. The first-order valence-corrected chi connectivity index (χ1v) is 6.82. The van der Waals surface area contributed by atoms with Gasteiger partial charge in [-0.25, -0.2) is 0 Å². The van der Waals surface area contributed by atoms with Crippen LogP contribution in [0.1, 0.15) is 33.1 Å². The summed E-state index contributed by atoms with van der Waals surface area (Å²) in [4.78, 5) is 13.8. The molecule has 5 nitrogen and oxygen atoms in total. The summed E-state index contributed by atoms with van der Waals surface area (Å²) < 4.78 is 5.37. The molecule has 18 heavy (non-hydrogen) atoms. The lowest BCUT2D eigenvalue weighted by atomic mass is 9.96. The minimum Gasteiger partial charge on any atom is -0.380 e. The zero-order chi connectivity index (χ0) is 13.6. The largest absolute Gasteiger partial charge is 0.380 e.